The Morgan fingerprint density at radius 1 is 1.25 bits per heavy atom. The Balaban J connectivity index is 0.000000279. The summed E-state index contributed by atoms with van der Waals surface area (Å²) in [6.45, 7) is 2.78. The summed E-state index contributed by atoms with van der Waals surface area (Å²) in [4.78, 5) is 29.7. The van der Waals surface area contributed by atoms with Gasteiger partial charge in [0.05, 0.1) is 12.1 Å². The molecule has 28 heavy (non-hydrogen) atoms. The Morgan fingerprint density at radius 3 is 2.54 bits per heavy atom. The monoisotopic (exact) mass is 396 g/mol. The van der Waals surface area contributed by atoms with Gasteiger partial charge in [0.2, 0.25) is 0 Å². The lowest BCUT2D eigenvalue weighted by Crippen LogP contribution is -2.48. The number of aliphatic carboxylic acids is 1. The molecular formula is C18H19F3N4O3. The number of alkyl halides is 3. The number of carbonyl (C=O) groups excluding carboxylic acids is 1. The van der Waals surface area contributed by atoms with Crippen molar-refractivity contribution in [1.29, 1.82) is 0 Å². The lowest BCUT2D eigenvalue weighted by molar-refractivity contribution is -0.192. The van der Waals surface area contributed by atoms with E-state index in [1.807, 2.05) is 42.5 Å². The summed E-state index contributed by atoms with van der Waals surface area (Å²) in [6.07, 6.45) is 0.662. The average molecular weight is 396 g/mol. The predicted molar refractivity (Wildman–Crippen MR) is 92.6 cm³/mol. The van der Waals surface area contributed by atoms with Crippen molar-refractivity contribution in [1.82, 2.24) is 19.4 Å². The van der Waals surface area contributed by atoms with Crippen molar-refractivity contribution in [2.24, 2.45) is 0 Å². The predicted octanol–water partition coefficient (Wildman–Crippen LogP) is 2.03. The number of halogens is 3. The summed E-state index contributed by atoms with van der Waals surface area (Å²) in [5, 5.41) is 7.12. The smallest absolute Gasteiger partial charge is 0.475 e. The highest BCUT2D eigenvalue weighted by Crippen LogP contribution is 2.33. The van der Waals surface area contributed by atoms with Crippen molar-refractivity contribution in [3.8, 4) is 0 Å². The van der Waals surface area contributed by atoms with Crippen molar-refractivity contribution >= 4 is 11.9 Å². The zero-order valence-electron chi connectivity index (χ0n) is 15.0. The Hall–Kier alpha value is -2.88. The Bertz CT molecular complexity index is 853. The van der Waals surface area contributed by atoms with Gasteiger partial charge in [0.15, 0.2) is 0 Å². The number of nitrogens with zero attached hydrogens (tertiary/aromatic N) is 4. The molecule has 150 valence electrons. The molecule has 0 spiro atoms. The second kappa shape index (κ2) is 7.63. The molecule has 0 saturated carbocycles. The number of amides is 1. The van der Waals surface area contributed by atoms with Gasteiger partial charge >= 0.3 is 12.1 Å². The van der Waals surface area contributed by atoms with E-state index in [0.717, 1.165) is 25.3 Å². The molecule has 4 rings (SSSR count). The van der Waals surface area contributed by atoms with Crippen molar-refractivity contribution in [3.63, 3.8) is 0 Å². The van der Waals surface area contributed by atoms with Crippen LogP contribution in [0, 0.1) is 0 Å². The summed E-state index contributed by atoms with van der Waals surface area (Å²) in [5.74, 6) is -2.63. The molecular weight excluding hydrogens is 377 g/mol. The van der Waals surface area contributed by atoms with Crippen molar-refractivity contribution in [2.75, 3.05) is 20.1 Å². The molecule has 0 unspecified atom stereocenters. The number of hydrogen-bond acceptors (Lipinski definition) is 4. The van der Waals surface area contributed by atoms with E-state index in [1.54, 1.807) is 6.20 Å². The molecule has 2 aliphatic heterocycles. The van der Waals surface area contributed by atoms with Crippen LogP contribution in [0.5, 0.6) is 0 Å². The quantitative estimate of drug-likeness (QED) is 0.841. The first kappa shape index (κ1) is 19.9. The van der Waals surface area contributed by atoms with E-state index >= 15 is 0 Å². The highest BCUT2D eigenvalue weighted by atomic mass is 19.4. The highest BCUT2D eigenvalue weighted by Gasteiger charge is 2.43. The summed E-state index contributed by atoms with van der Waals surface area (Å²) in [7, 11) is 1.92. The molecule has 0 bridgehead atoms. The largest absolute Gasteiger partial charge is 0.490 e. The van der Waals surface area contributed by atoms with Crippen molar-refractivity contribution in [3.05, 3.63) is 54.1 Å². The molecule has 2 aromatic heterocycles. The van der Waals surface area contributed by atoms with Gasteiger partial charge in [0.25, 0.3) is 5.91 Å². The molecule has 4 heterocycles. The third kappa shape index (κ3) is 4.01. The number of fused-ring (bicyclic) bond motifs is 3. The summed E-state index contributed by atoms with van der Waals surface area (Å²) >= 11 is 0. The number of likely N-dealkylation sites (tertiary alicyclic amines) is 1. The van der Waals surface area contributed by atoms with Crippen LogP contribution in [0.2, 0.25) is 0 Å². The second-order valence-electron chi connectivity index (χ2n) is 6.71. The van der Waals surface area contributed by atoms with E-state index < -0.39 is 12.1 Å². The van der Waals surface area contributed by atoms with Crippen molar-refractivity contribution in [2.45, 2.75) is 24.8 Å². The minimum Gasteiger partial charge on any atom is -0.475 e. The third-order valence-corrected chi connectivity index (χ3v) is 4.88. The molecule has 1 fully saturated rings. The molecule has 2 aromatic rings. The maximum absolute atomic E-state index is 12.4. The zero-order chi connectivity index (χ0) is 20.5. The fraction of sp³-hybridized carbons (Fsp3) is 0.389. The first-order chi connectivity index (χ1) is 13.2. The van der Waals surface area contributed by atoms with E-state index in [2.05, 4.69) is 20.5 Å². The van der Waals surface area contributed by atoms with Gasteiger partial charge in [-0.05, 0) is 23.8 Å². The van der Waals surface area contributed by atoms with Crippen LogP contribution in [0.3, 0.4) is 0 Å². The molecule has 7 nitrogen and oxygen atoms in total. The van der Waals surface area contributed by atoms with Gasteiger partial charge in [-0.2, -0.15) is 13.2 Å². The Kier molecular flexibility index (Phi) is 5.41. The first-order valence-corrected chi connectivity index (χ1v) is 8.54. The van der Waals surface area contributed by atoms with Crippen LogP contribution in [0.4, 0.5) is 13.2 Å². The van der Waals surface area contributed by atoms with Gasteiger partial charge in [-0.3, -0.25) is 14.7 Å². The van der Waals surface area contributed by atoms with Gasteiger partial charge in [0.1, 0.15) is 5.69 Å². The van der Waals surface area contributed by atoms with Gasteiger partial charge in [-0.1, -0.05) is 6.07 Å². The normalized spacial score (nSPS) is 21.6. The Morgan fingerprint density at radius 2 is 1.93 bits per heavy atom. The minimum atomic E-state index is -5.08. The van der Waals surface area contributed by atoms with Crippen LogP contribution in [0.15, 0.2) is 42.9 Å². The fourth-order valence-electron chi connectivity index (χ4n) is 3.58. The van der Waals surface area contributed by atoms with Crippen LogP contribution < -0.4 is 0 Å². The first-order valence-electron chi connectivity index (χ1n) is 8.54. The van der Waals surface area contributed by atoms with E-state index in [1.165, 1.54) is 5.56 Å². The molecule has 10 heteroatoms. The average Bonchev–Trinajstić information content (AvgIpc) is 3.27. The molecule has 2 aliphatic rings. The molecule has 1 amide bonds. The maximum Gasteiger partial charge on any atom is 0.490 e. The lowest BCUT2D eigenvalue weighted by atomic mass is 10.1. The number of rotatable bonds is 2. The topological polar surface area (TPSA) is 78.7 Å². The zero-order valence-corrected chi connectivity index (χ0v) is 15.0. The van der Waals surface area contributed by atoms with E-state index in [9.17, 15) is 18.0 Å². The van der Waals surface area contributed by atoms with Crippen LogP contribution in [-0.4, -0.2) is 68.7 Å². The van der Waals surface area contributed by atoms with Crippen LogP contribution >= 0.6 is 0 Å². The molecule has 0 aromatic carbocycles. The fourth-order valence-corrected chi connectivity index (χ4v) is 3.58. The number of carboxylic acid groups (broad SMARTS) is 1. The molecule has 1 saturated heterocycles. The molecule has 0 aliphatic carbocycles. The minimum absolute atomic E-state index is 0.129. The van der Waals surface area contributed by atoms with Crippen LogP contribution in [0.1, 0.15) is 22.1 Å². The van der Waals surface area contributed by atoms with E-state index in [4.69, 9.17) is 9.90 Å². The van der Waals surface area contributed by atoms with E-state index in [0.29, 0.717) is 6.04 Å². The summed E-state index contributed by atoms with van der Waals surface area (Å²) in [5.41, 5.74) is 2.03. The van der Waals surface area contributed by atoms with Gasteiger partial charge in [-0.15, -0.1) is 0 Å². The number of likely N-dealkylation sites (N-methyl/N-ethyl adjacent to an activating group) is 1. The maximum atomic E-state index is 12.4. The number of hydrogen-bond donors (Lipinski definition) is 1. The third-order valence-electron chi connectivity index (χ3n) is 4.88. The van der Waals surface area contributed by atoms with Crippen LogP contribution in [0.25, 0.3) is 0 Å². The van der Waals surface area contributed by atoms with E-state index in [-0.39, 0.29) is 11.9 Å². The van der Waals surface area contributed by atoms with Gasteiger partial charge in [0, 0.05) is 45.3 Å². The molecule has 2 atom stereocenters. The van der Waals surface area contributed by atoms with Crippen molar-refractivity contribution < 1.29 is 27.9 Å². The molecule has 0 radical (unpaired) electrons. The van der Waals surface area contributed by atoms with Gasteiger partial charge in [-0.25, -0.2) is 4.79 Å². The number of pyridine rings is 1. The van der Waals surface area contributed by atoms with Crippen LogP contribution in [-0.2, 0) is 11.3 Å². The number of aromatic nitrogens is 2. The highest BCUT2D eigenvalue weighted by molar-refractivity contribution is 5.93. The SMILES string of the molecule is CN1C(=O)c2cccn2[C@H]2CN(Cc3cccnc3)C[C@H]21.O=C(O)C(F)(F)F. The Labute approximate surface area is 159 Å². The molecule has 1 N–H and O–H groups in total. The standard InChI is InChI=1S/C16H18N4O.C2HF3O2/c1-18-14-10-19(9-12-4-2-6-17-8-12)11-15(14)20-7-3-5-13(20)16(18)21;3-2(4,5)1(6)7/h2-8,14-15H,9-11H2,1H3;(H,6,7)/t14-,15+;/m1./s1. The summed E-state index contributed by atoms with van der Waals surface area (Å²) < 4.78 is 33.9. The summed E-state index contributed by atoms with van der Waals surface area (Å²) in [6, 6.07) is 8.57. The second-order valence-corrected chi connectivity index (χ2v) is 6.71. The number of carboxylic acids is 1. The van der Waals surface area contributed by atoms with Gasteiger partial charge < -0.3 is 14.6 Å². The number of carbonyl (C=O) groups is 2. The lowest BCUT2D eigenvalue weighted by Gasteiger charge is -2.35.